The molecule has 0 unspecified atom stereocenters. The standard InChI is InChI=1S/C96H108N4O8Se/c1-9-17-25-33-57(34-26-18-10-2)97-89(101)67-47-41-61-63-43-49-71-85-75(95(107)99(93(71)105)59(37-29-21-13-5)38-30-22-14-6)55-73(81(87(63)85)65-45-51-69(91(97)103)83(67)79(61)65)77-53-54-78(109-77)74-56-76-86-72(94(106)100(96(76)108)60(39-31-23-15-7)40-32-24-16-8)50-44-64-62-42-48-68-84-70(52-46-66(80(62)84)82(74)88(64)86)92(104)98(90(68)102)58(35-27-19-11-3)36-28-20-12-4/h41-60H,9-40H2,1-8H3. The maximum absolute atomic E-state index is 16.2. The van der Waals surface area contributed by atoms with Gasteiger partial charge in [0, 0.05) is 0 Å². The van der Waals surface area contributed by atoms with Gasteiger partial charge in [0.05, 0.1) is 0 Å². The Morgan fingerprint density at radius 3 is 0.642 bits per heavy atom. The summed E-state index contributed by atoms with van der Waals surface area (Å²) in [5.74, 6) is -2.26. The van der Waals surface area contributed by atoms with Gasteiger partial charge in [-0.3, -0.25) is 0 Å². The monoisotopic (exact) mass is 1520 g/mol. The number of carbonyl (C=O) groups is 8. The zero-order valence-electron chi connectivity index (χ0n) is 65.6. The number of nitrogens with zero attached hydrogens (tertiary/aromatic N) is 4. The van der Waals surface area contributed by atoms with Gasteiger partial charge in [0.2, 0.25) is 0 Å². The third kappa shape index (κ3) is 12.9. The van der Waals surface area contributed by atoms with Crippen LogP contribution in [0.3, 0.4) is 0 Å². The van der Waals surface area contributed by atoms with Crippen LogP contribution < -0.4 is 0 Å². The molecule has 0 aliphatic carbocycles. The summed E-state index contributed by atoms with van der Waals surface area (Å²) in [6.45, 7) is 17.4. The van der Waals surface area contributed by atoms with Gasteiger partial charge in [-0.25, -0.2) is 0 Å². The van der Waals surface area contributed by atoms with Crippen molar-refractivity contribution in [3.8, 4) is 20.0 Å². The van der Waals surface area contributed by atoms with Crippen molar-refractivity contribution in [2.24, 2.45) is 0 Å². The van der Waals surface area contributed by atoms with E-state index >= 15 is 38.4 Å². The number of imide groups is 4. The summed E-state index contributed by atoms with van der Waals surface area (Å²) in [7, 11) is 0. The number of amides is 8. The molecule has 4 aliphatic heterocycles. The molecule has 12 nitrogen and oxygen atoms in total. The van der Waals surface area contributed by atoms with Crippen LogP contribution in [0.2, 0.25) is 0 Å². The predicted octanol–water partition coefficient (Wildman–Crippen LogP) is 24.7. The van der Waals surface area contributed by atoms with Crippen molar-refractivity contribution in [1.29, 1.82) is 0 Å². The van der Waals surface area contributed by atoms with Crippen LogP contribution in [-0.4, -0.2) is 106 Å². The molecule has 566 valence electrons. The van der Waals surface area contributed by atoms with Crippen molar-refractivity contribution in [3.05, 3.63) is 142 Å². The number of benzene rings is 10. The summed E-state index contributed by atoms with van der Waals surface area (Å²) in [5.41, 5.74) is 5.52. The first kappa shape index (κ1) is 75.8. The molecule has 0 fully saturated rings. The van der Waals surface area contributed by atoms with E-state index in [-0.39, 0.29) is 71.4 Å². The molecular weight excluding hydrogens is 1420 g/mol. The van der Waals surface area contributed by atoms with Crippen molar-refractivity contribution in [1.82, 2.24) is 19.6 Å². The van der Waals surface area contributed by atoms with Crippen LogP contribution in [0.4, 0.5) is 0 Å². The molecule has 15 rings (SSSR count). The average Bonchev–Trinajstić information content (AvgIpc) is 1.31. The summed E-state index contributed by atoms with van der Waals surface area (Å²) < 4.78 is 1.91. The number of carbonyl (C=O) groups excluding carboxylic acids is 8. The molecule has 109 heavy (non-hydrogen) atoms. The Bertz CT molecular complexity index is 5010. The fourth-order valence-corrected chi connectivity index (χ4v) is 22.0. The van der Waals surface area contributed by atoms with Crippen molar-refractivity contribution >= 4 is 148 Å². The van der Waals surface area contributed by atoms with Gasteiger partial charge in [-0.2, -0.15) is 0 Å². The van der Waals surface area contributed by atoms with Crippen LogP contribution in [0, 0.1) is 0 Å². The van der Waals surface area contributed by atoms with E-state index in [0.717, 1.165) is 264 Å². The maximum atomic E-state index is 16.2. The van der Waals surface area contributed by atoms with E-state index in [1.54, 1.807) is 19.6 Å². The fourth-order valence-electron chi connectivity index (χ4n) is 19.8. The molecule has 10 aromatic carbocycles. The van der Waals surface area contributed by atoms with Gasteiger partial charge < -0.3 is 0 Å². The molecule has 0 radical (unpaired) electrons. The zero-order chi connectivity index (χ0) is 76.1. The van der Waals surface area contributed by atoms with E-state index in [1.807, 2.05) is 60.7 Å². The van der Waals surface area contributed by atoms with Gasteiger partial charge in [0.1, 0.15) is 0 Å². The van der Waals surface area contributed by atoms with E-state index < -0.39 is 14.5 Å². The molecule has 0 saturated heterocycles. The van der Waals surface area contributed by atoms with Gasteiger partial charge in [-0.15, -0.1) is 0 Å². The molecule has 5 heterocycles. The Kier molecular flexibility index (Phi) is 22.5. The third-order valence-corrected chi connectivity index (χ3v) is 27.7. The van der Waals surface area contributed by atoms with Crippen molar-refractivity contribution < 1.29 is 38.4 Å². The minimum absolute atomic E-state index is 0.240. The normalized spacial score (nSPS) is 14.7. The molecule has 0 atom stereocenters. The number of unbranched alkanes of at least 4 members (excludes halogenated alkanes) is 16. The Balaban J connectivity index is 0.984. The molecular formula is C96H108N4O8Se. The topological polar surface area (TPSA) is 150 Å². The molecule has 8 amide bonds. The second-order valence-corrected chi connectivity index (χ2v) is 34.6. The SMILES string of the molecule is CCCCCC(CCCCC)N1C(=O)c2ccc3c4ccc5c6c(cc(-c7ccc(-c8cc9c%10c(ccc%11c%12ccc%13c%14c(ccc(c8c%10%11)c%14%12)C(=O)N(C(CCCCC)CCCCC)C%13=O)C(=O)N(C(CCCCC)CCCCC)C9=O)[se]7)c(c7ccc(c2c37)C1=O)c64)C(=O)N(C(CCCCC)CCCCC)C5=O. The number of hydrogen-bond donors (Lipinski definition) is 0. The van der Waals surface area contributed by atoms with Crippen molar-refractivity contribution in [2.75, 3.05) is 0 Å². The van der Waals surface area contributed by atoms with Crippen molar-refractivity contribution in [2.45, 2.75) is 285 Å². The number of fused-ring (bicyclic) bond motifs is 4. The van der Waals surface area contributed by atoms with E-state index in [0.29, 0.717) is 91.7 Å². The minimum atomic E-state index is -0.581. The summed E-state index contributed by atoms with van der Waals surface area (Å²) in [6.07, 6.45) is 29.2. The van der Waals surface area contributed by atoms with E-state index in [4.69, 9.17) is 0 Å². The summed E-state index contributed by atoms with van der Waals surface area (Å²) in [4.78, 5) is 132. The zero-order valence-corrected chi connectivity index (χ0v) is 67.4. The Hall–Kier alpha value is -8.64. The Labute approximate surface area is 648 Å². The molecule has 0 spiro atoms. The van der Waals surface area contributed by atoms with E-state index in [1.165, 1.54) is 0 Å². The predicted molar refractivity (Wildman–Crippen MR) is 447 cm³/mol. The van der Waals surface area contributed by atoms with Crippen LogP contribution in [-0.2, 0) is 0 Å². The molecule has 1 aromatic heterocycles. The second-order valence-electron chi connectivity index (χ2n) is 32.3. The molecule has 4 aliphatic rings. The fraction of sp³-hybridized carbons (Fsp3) is 0.458. The second kappa shape index (κ2) is 32.4. The molecule has 13 heteroatoms. The van der Waals surface area contributed by atoms with E-state index in [9.17, 15) is 0 Å². The molecule has 0 bridgehead atoms. The van der Waals surface area contributed by atoms with Crippen molar-refractivity contribution in [3.63, 3.8) is 0 Å². The average molecular weight is 1520 g/mol. The summed E-state index contributed by atoms with van der Waals surface area (Å²) in [6, 6.07) is 31.1. The van der Waals surface area contributed by atoms with Gasteiger partial charge in [-0.05, 0) is 0 Å². The number of rotatable bonds is 38. The van der Waals surface area contributed by atoms with Crippen LogP contribution in [0.25, 0.3) is 106 Å². The number of hydrogen-bond acceptors (Lipinski definition) is 8. The first-order chi connectivity index (χ1) is 53.2. The third-order valence-electron chi connectivity index (χ3n) is 25.3. The van der Waals surface area contributed by atoms with Gasteiger partial charge >= 0.3 is 573 Å². The molecule has 0 saturated carbocycles. The quantitative estimate of drug-likeness (QED) is 0.0122. The first-order valence-electron chi connectivity index (χ1n) is 42.3. The van der Waals surface area contributed by atoms with Crippen LogP contribution in [0.5, 0.6) is 0 Å². The van der Waals surface area contributed by atoms with Gasteiger partial charge in [0.15, 0.2) is 0 Å². The van der Waals surface area contributed by atoms with Crippen LogP contribution >= 0.6 is 0 Å². The Morgan fingerprint density at radius 2 is 0.413 bits per heavy atom. The molecule has 0 N–H and O–H groups in total. The first-order valence-corrected chi connectivity index (χ1v) is 44.0. The van der Waals surface area contributed by atoms with E-state index in [2.05, 4.69) is 91.8 Å². The van der Waals surface area contributed by atoms with Gasteiger partial charge in [0.25, 0.3) is 0 Å². The van der Waals surface area contributed by atoms with Crippen LogP contribution in [0.1, 0.15) is 344 Å². The Morgan fingerprint density at radius 1 is 0.211 bits per heavy atom. The van der Waals surface area contributed by atoms with Crippen LogP contribution in [0.15, 0.2) is 97.1 Å². The molecule has 11 aromatic rings. The summed E-state index contributed by atoms with van der Waals surface area (Å²) in [5, 5.41) is 12.3. The summed E-state index contributed by atoms with van der Waals surface area (Å²) >= 11 is -0.581. The van der Waals surface area contributed by atoms with Gasteiger partial charge in [-0.1, -0.05) is 79.1 Å².